The van der Waals surface area contributed by atoms with E-state index < -0.39 is 5.97 Å². The van der Waals surface area contributed by atoms with Crippen LogP contribution in [0.25, 0.3) is 11.0 Å². The Morgan fingerprint density at radius 3 is 2.94 bits per heavy atom. The molecule has 0 bridgehead atoms. The quantitative estimate of drug-likeness (QED) is 0.655. The zero-order valence-electron chi connectivity index (χ0n) is 9.48. The lowest BCUT2D eigenvalue weighted by molar-refractivity contribution is -0.133. The van der Waals surface area contributed by atoms with Gasteiger partial charge >= 0.3 is 5.97 Å². The number of thioether (sulfide) groups is 1. The molecule has 0 aliphatic rings. The van der Waals surface area contributed by atoms with Crippen LogP contribution in [0.15, 0.2) is 17.3 Å². The molecule has 0 fully saturated rings. The first kappa shape index (κ1) is 13.6. The fraction of sp³-hybridized carbons (Fsp3) is 0.273. The number of halogens is 2. The summed E-state index contributed by atoms with van der Waals surface area (Å²) in [7, 11) is 0. The third-order valence-corrected chi connectivity index (χ3v) is 4.18. The van der Waals surface area contributed by atoms with Crippen molar-refractivity contribution in [1.29, 1.82) is 0 Å². The summed E-state index contributed by atoms with van der Waals surface area (Å²) in [5.74, 6) is -1.23. The highest BCUT2D eigenvalue weighted by Gasteiger charge is 2.13. The van der Waals surface area contributed by atoms with E-state index in [2.05, 4.69) is 4.98 Å². The highest BCUT2D eigenvalue weighted by molar-refractivity contribution is 14.1. The molecule has 2 rings (SSSR count). The summed E-state index contributed by atoms with van der Waals surface area (Å²) in [5.41, 5.74) is 1.39. The second kappa shape index (κ2) is 5.43. The number of fused-ring (bicyclic) bond motifs is 1. The minimum absolute atomic E-state index is 0.0527. The number of rotatable bonds is 4. The van der Waals surface area contributed by atoms with Gasteiger partial charge in [-0.25, -0.2) is 9.37 Å². The molecule has 0 saturated carbocycles. The molecule has 0 spiro atoms. The van der Waals surface area contributed by atoms with E-state index in [1.165, 1.54) is 6.07 Å². The molecule has 96 valence electrons. The smallest absolute Gasteiger partial charge is 0.313 e. The fourth-order valence-corrected chi connectivity index (χ4v) is 2.89. The van der Waals surface area contributed by atoms with Gasteiger partial charge in [0.25, 0.3) is 0 Å². The molecule has 0 radical (unpaired) electrons. The molecule has 7 heteroatoms. The normalized spacial score (nSPS) is 11.1. The van der Waals surface area contributed by atoms with Crippen LogP contribution in [0.1, 0.15) is 6.92 Å². The van der Waals surface area contributed by atoms with Gasteiger partial charge in [-0.3, -0.25) is 4.79 Å². The van der Waals surface area contributed by atoms with E-state index >= 15 is 0 Å². The van der Waals surface area contributed by atoms with E-state index in [0.29, 0.717) is 26.3 Å². The largest absolute Gasteiger partial charge is 0.481 e. The van der Waals surface area contributed by atoms with E-state index in [1.54, 1.807) is 6.07 Å². The number of imidazole rings is 1. The van der Waals surface area contributed by atoms with E-state index in [0.717, 1.165) is 11.8 Å². The monoisotopic (exact) mass is 380 g/mol. The van der Waals surface area contributed by atoms with Crippen LogP contribution in [-0.2, 0) is 11.3 Å². The molecule has 2 aromatic rings. The minimum Gasteiger partial charge on any atom is -0.481 e. The van der Waals surface area contributed by atoms with Gasteiger partial charge in [-0.2, -0.15) is 0 Å². The molecule has 0 unspecified atom stereocenters. The van der Waals surface area contributed by atoms with Gasteiger partial charge in [-0.15, -0.1) is 0 Å². The molecule has 1 N–H and O–H groups in total. The number of aryl methyl sites for hydroxylation is 1. The van der Waals surface area contributed by atoms with E-state index in [1.807, 2.05) is 34.1 Å². The van der Waals surface area contributed by atoms with Gasteiger partial charge < -0.3 is 9.67 Å². The first-order chi connectivity index (χ1) is 8.52. The molecular formula is C11H10FIN2O2S. The minimum atomic E-state index is -0.893. The molecule has 4 nitrogen and oxygen atoms in total. The molecule has 0 amide bonds. The van der Waals surface area contributed by atoms with Gasteiger partial charge in [0.2, 0.25) is 0 Å². The molecule has 1 aromatic carbocycles. The number of benzene rings is 1. The third-order valence-electron chi connectivity index (χ3n) is 2.40. The Hall–Kier alpha value is -0.830. The van der Waals surface area contributed by atoms with Crippen molar-refractivity contribution in [2.45, 2.75) is 18.6 Å². The maximum absolute atomic E-state index is 13.5. The predicted molar refractivity (Wildman–Crippen MR) is 76.4 cm³/mol. The van der Waals surface area contributed by atoms with Crippen LogP contribution in [-0.4, -0.2) is 26.4 Å². The van der Waals surface area contributed by atoms with Crippen LogP contribution >= 0.6 is 34.4 Å². The van der Waals surface area contributed by atoms with Crippen LogP contribution in [0.4, 0.5) is 4.39 Å². The molecular weight excluding hydrogens is 370 g/mol. The van der Waals surface area contributed by atoms with Crippen molar-refractivity contribution in [3.05, 3.63) is 21.5 Å². The van der Waals surface area contributed by atoms with Crippen LogP contribution in [0.2, 0.25) is 0 Å². The fourth-order valence-electron chi connectivity index (χ4n) is 1.64. The number of nitrogens with zero attached hydrogens (tertiary/aromatic N) is 2. The van der Waals surface area contributed by atoms with E-state index in [4.69, 9.17) is 5.11 Å². The van der Waals surface area contributed by atoms with Crippen LogP contribution in [0.3, 0.4) is 0 Å². The highest BCUT2D eigenvalue weighted by Crippen LogP contribution is 2.26. The van der Waals surface area contributed by atoms with Gasteiger partial charge in [-0.05, 0) is 35.6 Å². The maximum atomic E-state index is 13.5. The van der Waals surface area contributed by atoms with Crippen LogP contribution < -0.4 is 0 Å². The van der Waals surface area contributed by atoms with Crippen molar-refractivity contribution in [3.63, 3.8) is 0 Å². The maximum Gasteiger partial charge on any atom is 0.313 e. The summed E-state index contributed by atoms with van der Waals surface area (Å²) in [6.45, 7) is 2.54. The molecule has 1 aromatic heterocycles. The Morgan fingerprint density at radius 1 is 1.61 bits per heavy atom. The molecule has 0 aliphatic heterocycles. The summed E-state index contributed by atoms with van der Waals surface area (Å²) < 4.78 is 15.9. The molecule has 0 saturated heterocycles. The van der Waals surface area contributed by atoms with Crippen molar-refractivity contribution in [1.82, 2.24) is 9.55 Å². The Kier molecular flexibility index (Phi) is 4.10. The second-order valence-corrected chi connectivity index (χ2v) is 5.68. The number of hydrogen-bond donors (Lipinski definition) is 1. The van der Waals surface area contributed by atoms with Crippen molar-refractivity contribution in [2.24, 2.45) is 0 Å². The predicted octanol–water partition coefficient (Wildman–Crippen LogP) is 2.98. The Morgan fingerprint density at radius 2 is 2.33 bits per heavy atom. The number of carbonyl (C=O) groups is 1. The summed E-state index contributed by atoms with van der Waals surface area (Å²) in [5, 5.41) is 9.29. The average Bonchev–Trinajstić information content (AvgIpc) is 2.64. The first-order valence-corrected chi connectivity index (χ1v) is 7.29. The lowest BCUT2D eigenvalue weighted by Gasteiger charge is -2.04. The lowest BCUT2D eigenvalue weighted by Crippen LogP contribution is -2.02. The number of carboxylic acids is 1. The van der Waals surface area contributed by atoms with Crippen molar-refractivity contribution >= 4 is 51.4 Å². The Bertz CT molecular complexity index is 615. The third kappa shape index (κ3) is 2.61. The van der Waals surface area contributed by atoms with E-state index in [9.17, 15) is 9.18 Å². The van der Waals surface area contributed by atoms with Crippen molar-refractivity contribution < 1.29 is 14.3 Å². The lowest BCUT2D eigenvalue weighted by atomic mass is 10.3. The van der Waals surface area contributed by atoms with Gasteiger partial charge in [0.05, 0.1) is 20.4 Å². The molecule has 0 aliphatic carbocycles. The zero-order chi connectivity index (χ0) is 13.3. The summed E-state index contributed by atoms with van der Waals surface area (Å²) in [4.78, 5) is 14.9. The summed E-state index contributed by atoms with van der Waals surface area (Å²) >= 11 is 3.06. The summed E-state index contributed by atoms with van der Waals surface area (Å²) in [6, 6.07) is 3.11. The molecule has 18 heavy (non-hydrogen) atoms. The average molecular weight is 380 g/mol. The molecule has 1 heterocycles. The van der Waals surface area contributed by atoms with Gasteiger partial charge in [0, 0.05) is 12.6 Å². The number of aromatic nitrogens is 2. The Labute approximate surface area is 121 Å². The second-order valence-electron chi connectivity index (χ2n) is 3.58. The van der Waals surface area contributed by atoms with Crippen LogP contribution in [0, 0.1) is 9.39 Å². The standard InChI is InChI=1S/C11H10FIN2O2S/c1-2-15-9-3-6(12)7(13)4-8(9)14-11(15)18-5-10(16)17/h3-4H,2,5H2,1H3,(H,16,17). The first-order valence-electron chi connectivity index (χ1n) is 5.22. The molecule has 0 atom stereocenters. The topological polar surface area (TPSA) is 55.1 Å². The number of aliphatic carboxylic acids is 1. The van der Waals surface area contributed by atoms with Gasteiger partial charge in [0.15, 0.2) is 5.16 Å². The van der Waals surface area contributed by atoms with Gasteiger partial charge in [-0.1, -0.05) is 11.8 Å². The van der Waals surface area contributed by atoms with Gasteiger partial charge in [0.1, 0.15) is 5.82 Å². The van der Waals surface area contributed by atoms with Crippen molar-refractivity contribution in [2.75, 3.05) is 5.75 Å². The van der Waals surface area contributed by atoms with E-state index in [-0.39, 0.29) is 11.6 Å². The summed E-state index contributed by atoms with van der Waals surface area (Å²) in [6.07, 6.45) is 0. The highest BCUT2D eigenvalue weighted by atomic mass is 127. The SMILES string of the molecule is CCn1c(SCC(=O)O)nc2cc(I)c(F)cc21. The number of carboxylic acid groups (broad SMARTS) is 1. The van der Waals surface area contributed by atoms with Crippen molar-refractivity contribution in [3.8, 4) is 0 Å². The zero-order valence-corrected chi connectivity index (χ0v) is 12.5. The Balaban J connectivity index is 2.50. The number of hydrogen-bond acceptors (Lipinski definition) is 3. The van der Waals surface area contributed by atoms with Crippen LogP contribution in [0.5, 0.6) is 0 Å².